The van der Waals surface area contributed by atoms with E-state index in [1.165, 1.54) is 12.5 Å². The molecular formula is C25H29N3O4. The summed E-state index contributed by atoms with van der Waals surface area (Å²) in [5, 5.41) is 5.53. The molecule has 2 aromatic rings. The van der Waals surface area contributed by atoms with Gasteiger partial charge in [0.1, 0.15) is 5.54 Å². The Morgan fingerprint density at radius 3 is 2.25 bits per heavy atom. The molecule has 0 aromatic heterocycles. The molecule has 2 atom stereocenters. The lowest BCUT2D eigenvalue weighted by molar-refractivity contribution is -0.130. The molecule has 32 heavy (non-hydrogen) atoms. The maximum Gasteiger partial charge on any atom is 0.325 e. The molecule has 0 spiro atoms. The SMILES string of the molecule is CCCc1ccc([C@]2(C)NC(=O)N(CC(=O)c3ccc([C@H](C)NC(C)=O)cc3)C2=O)cc1. The molecule has 3 rings (SSSR count). The number of ketones is 1. The molecule has 1 aliphatic heterocycles. The van der Waals surface area contributed by atoms with Crippen LogP contribution >= 0.6 is 0 Å². The molecule has 2 N–H and O–H groups in total. The molecule has 0 bridgehead atoms. The number of imide groups is 1. The van der Waals surface area contributed by atoms with Crippen LogP contribution in [-0.4, -0.2) is 35.1 Å². The van der Waals surface area contributed by atoms with Gasteiger partial charge in [-0.25, -0.2) is 4.79 Å². The lowest BCUT2D eigenvalue weighted by atomic mass is 9.91. The Morgan fingerprint density at radius 2 is 1.69 bits per heavy atom. The molecule has 0 aliphatic carbocycles. The Bertz CT molecular complexity index is 1030. The van der Waals surface area contributed by atoms with Crippen molar-refractivity contribution in [2.24, 2.45) is 0 Å². The average Bonchev–Trinajstić information content (AvgIpc) is 2.98. The number of carbonyl (C=O) groups is 4. The second-order valence-electron chi connectivity index (χ2n) is 8.36. The standard InChI is InChI=1S/C25H29N3O4/c1-5-6-18-7-13-21(14-8-18)25(4)23(31)28(24(32)27-25)15-22(30)20-11-9-19(10-12-20)16(2)26-17(3)29/h7-14,16H,5-6,15H2,1-4H3,(H,26,29)(H,27,32)/t16-,25-/m0/s1. The van der Waals surface area contributed by atoms with Gasteiger partial charge in [-0.2, -0.15) is 0 Å². The number of aryl methyl sites for hydroxylation is 1. The van der Waals surface area contributed by atoms with Crippen molar-refractivity contribution in [3.8, 4) is 0 Å². The highest BCUT2D eigenvalue weighted by Gasteiger charge is 2.49. The summed E-state index contributed by atoms with van der Waals surface area (Å²) in [6.45, 7) is 6.71. The van der Waals surface area contributed by atoms with Crippen LogP contribution in [0.25, 0.3) is 0 Å². The van der Waals surface area contributed by atoms with Crippen LogP contribution in [0.4, 0.5) is 4.79 Å². The van der Waals surface area contributed by atoms with E-state index in [2.05, 4.69) is 17.6 Å². The molecular weight excluding hydrogens is 406 g/mol. The quantitative estimate of drug-likeness (QED) is 0.490. The number of rotatable bonds is 8. The summed E-state index contributed by atoms with van der Waals surface area (Å²) in [4.78, 5) is 50.6. The van der Waals surface area contributed by atoms with Crippen LogP contribution in [0.2, 0.25) is 0 Å². The van der Waals surface area contributed by atoms with Gasteiger partial charge >= 0.3 is 6.03 Å². The fourth-order valence-electron chi connectivity index (χ4n) is 3.91. The Kier molecular flexibility index (Phi) is 6.77. The molecule has 1 fully saturated rings. The Balaban J connectivity index is 1.72. The normalized spacial score (nSPS) is 18.9. The van der Waals surface area contributed by atoms with Gasteiger partial charge in [-0.3, -0.25) is 19.3 Å². The monoisotopic (exact) mass is 435 g/mol. The van der Waals surface area contributed by atoms with Gasteiger partial charge in [-0.05, 0) is 37.0 Å². The largest absolute Gasteiger partial charge is 0.350 e. The molecule has 0 unspecified atom stereocenters. The summed E-state index contributed by atoms with van der Waals surface area (Å²) in [6.07, 6.45) is 1.97. The number of carbonyl (C=O) groups excluding carboxylic acids is 4. The summed E-state index contributed by atoms with van der Waals surface area (Å²) in [5.74, 6) is -0.927. The molecule has 7 nitrogen and oxygen atoms in total. The van der Waals surface area contributed by atoms with E-state index in [0.717, 1.165) is 23.3 Å². The molecule has 0 saturated carbocycles. The molecule has 1 aliphatic rings. The third kappa shape index (κ3) is 4.72. The summed E-state index contributed by atoms with van der Waals surface area (Å²) in [5.41, 5.74) is 1.88. The van der Waals surface area contributed by atoms with E-state index in [0.29, 0.717) is 11.1 Å². The smallest absolute Gasteiger partial charge is 0.325 e. The first kappa shape index (κ1) is 23.2. The van der Waals surface area contributed by atoms with Crippen molar-refractivity contribution in [3.05, 3.63) is 70.8 Å². The van der Waals surface area contributed by atoms with Crippen LogP contribution < -0.4 is 10.6 Å². The highest BCUT2D eigenvalue weighted by molar-refractivity contribution is 6.11. The van der Waals surface area contributed by atoms with Gasteiger partial charge in [-0.1, -0.05) is 61.9 Å². The minimum absolute atomic E-state index is 0.140. The van der Waals surface area contributed by atoms with Gasteiger partial charge in [0.2, 0.25) is 5.91 Å². The maximum absolute atomic E-state index is 13.1. The van der Waals surface area contributed by atoms with Crippen LogP contribution in [0.1, 0.15) is 67.2 Å². The summed E-state index contributed by atoms with van der Waals surface area (Å²) >= 11 is 0. The first-order valence-corrected chi connectivity index (χ1v) is 10.8. The minimum atomic E-state index is -1.21. The number of nitrogens with zero attached hydrogens (tertiary/aromatic N) is 1. The van der Waals surface area contributed by atoms with Crippen molar-refractivity contribution in [2.45, 2.75) is 52.1 Å². The number of hydrogen-bond acceptors (Lipinski definition) is 4. The number of benzene rings is 2. The lowest BCUT2D eigenvalue weighted by Crippen LogP contribution is -2.41. The van der Waals surface area contributed by atoms with Crippen molar-refractivity contribution in [1.82, 2.24) is 15.5 Å². The predicted octanol–water partition coefficient (Wildman–Crippen LogP) is 3.49. The topological polar surface area (TPSA) is 95.6 Å². The van der Waals surface area contributed by atoms with Crippen molar-refractivity contribution >= 4 is 23.6 Å². The van der Waals surface area contributed by atoms with E-state index in [-0.39, 0.29) is 24.3 Å². The number of Topliss-reactive ketones (excluding diaryl/α,β-unsaturated/α-hetero) is 1. The molecule has 7 heteroatoms. The fourth-order valence-corrected chi connectivity index (χ4v) is 3.91. The fraction of sp³-hybridized carbons (Fsp3) is 0.360. The van der Waals surface area contributed by atoms with Gasteiger partial charge in [0.15, 0.2) is 5.78 Å². The molecule has 0 radical (unpaired) electrons. The lowest BCUT2D eigenvalue weighted by Gasteiger charge is -2.22. The van der Waals surface area contributed by atoms with E-state index in [1.54, 1.807) is 31.2 Å². The number of nitrogens with one attached hydrogen (secondary N) is 2. The zero-order chi connectivity index (χ0) is 23.5. The van der Waals surface area contributed by atoms with Crippen LogP contribution in [0.15, 0.2) is 48.5 Å². The second kappa shape index (κ2) is 9.34. The van der Waals surface area contributed by atoms with E-state index in [4.69, 9.17) is 0 Å². The van der Waals surface area contributed by atoms with Crippen LogP contribution in [-0.2, 0) is 21.5 Å². The predicted molar refractivity (Wildman–Crippen MR) is 121 cm³/mol. The Labute approximate surface area is 188 Å². The number of amides is 4. The molecule has 168 valence electrons. The zero-order valence-corrected chi connectivity index (χ0v) is 18.9. The number of hydrogen-bond donors (Lipinski definition) is 2. The molecule has 1 saturated heterocycles. The highest BCUT2D eigenvalue weighted by atomic mass is 16.2. The second-order valence-corrected chi connectivity index (χ2v) is 8.36. The third-order valence-electron chi connectivity index (χ3n) is 5.80. The van der Waals surface area contributed by atoms with E-state index < -0.39 is 17.5 Å². The number of urea groups is 1. The van der Waals surface area contributed by atoms with Gasteiger partial charge in [0.05, 0.1) is 12.6 Å². The van der Waals surface area contributed by atoms with Crippen LogP contribution in [0, 0.1) is 0 Å². The minimum Gasteiger partial charge on any atom is -0.350 e. The highest BCUT2D eigenvalue weighted by Crippen LogP contribution is 2.29. The summed E-state index contributed by atoms with van der Waals surface area (Å²) in [6, 6.07) is 13.6. The third-order valence-corrected chi connectivity index (χ3v) is 5.80. The van der Waals surface area contributed by atoms with Gasteiger partial charge < -0.3 is 10.6 Å². The van der Waals surface area contributed by atoms with Crippen molar-refractivity contribution in [1.29, 1.82) is 0 Å². The van der Waals surface area contributed by atoms with E-state index in [9.17, 15) is 19.2 Å². The molecule has 2 aromatic carbocycles. The van der Waals surface area contributed by atoms with Crippen molar-refractivity contribution in [2.75, 3.05) is 6.54 Å². The molecule has 4 amide bonds. The Hall–Kier alpha value is -3.48. The van der Waals surface area contributed by atoms with Crippen molar-refractivity contribution in [3.63, 3.8) is 0 Å². The first-order chi connectivity index (χ1) is 15.2. The van der Waals surface area contributed by atoms with Gasteiger partial charge in [0.25, 0.3) is 5.91 Å². The van der Waals surface area contributed by atoms with Crippen molar-refractivity contribution < 1.29 is 19.2 Å². The van der Waals surface area contributed by atoms with Gasteiger partial charge in [-0.15, -0.1) is 0 Å². The zero-order valence-electron chi connectivity index (χ0n) is 18.9. The van der Waals surface area contributed by atoms with E-state index >= 15 is 0 Å². The van der Waals surface area contributed by atoms with Gasteiger partial charge in [0, 0.05) is 12.5 Å². The average molecular weight is 436 g/mol. The van der Waals surface area contributed by atoms with Crippen LogP contribution in [0.3, 0.4) is 0 Å². The Morgan fingerprint density at radius 1 is 1.06 bits per heavy atom. The maximum atomic E-state index is 13.1. The summed E-state index contributed by atoms with van der Waals surface area (Å²) < 4.78 is 0. The summed E-state index contributed by atoms with van der Waals surface area (Å²) in [7, 11) is 0. The first-order valence-electron chi connectivity index (χ1n) is 10.8. The van der Waals surface area contributed by atoms with Crippen LogP contribution in [0.5, 0.6) is 0 Å². The van der Waals surface area contributed by atoms with E-state index in [1.807, 2.05) is 31.2 Å². The molecule has 1 heterocycles.